The summed E-state index contributed by atoms with van der Waals surface area (Å²) in [4.78, 5) is 0. The molecule has 0 saturated heterocycles. The maximum Gasteiger partial charge on any atom is 0.0101 e. The standard InChI is InChI=1S/C25H37N.ClH/c1-2-3-4-5-6-7-8-15-21-26-22-20-25(23-16-11-9-12-17-23)24-18-13-10-14-19-24;/h9-14,16-19,25-26H,2-8,15,20-22H2,1H3;1H. The Bertz CT molecular complexity index is 516. The van der Waals surface area contributed by atoms with E-state index in [1.165, 1.54) is 62.5 Å². The molecular weight excluding hydrogens is 350 g/mol. The molecule has 0 radical (unpaired) electrons. The van der Waals surface area contributed by atoms with Crippen molar-refractivity contribution in [2.45, 2.75) is 70.6 Å². The van der Waals surface area contributed by atoms with Crippen LogP contribution in [0, 0.1) is 0 Å². The Morgan fingerprint density at radius 2 is 1.11 bits per heavy atom. The molecule has 0 heterocycles. The van der Waals surface area contributed by atoms with Crippen LogP contribution in [0.25, 0.3) is 0 Å². The summed E-state index contributed by atoms with van der Waals surface area (Å²) in [7, 11) is 0. The highest BCUT2D eigenvalue weighted by atomic mass is 35.5. The molecule has 2 heteroatoms. The maximum atomic E-state index is 3.67. The minimum Gasteiger partial charge on any atom is -0.317 e. The van der Waals surface area contributed by atoms with E-state index in [-0.39, 0.29) is 12.4 Å². The highest BCUT2D eigenvalue weighted by Crippen LogP contribution is 2.27. The molecule has 0 bridgehead atoms. The van der Waals surface area contributed by atoms with Gasteiger partial charge in [0.2, 0.25) is 0 Å². The zero-order valence-corrected chi connectivity index (χ0v) is 17.9. The number of hydrogen-bond donors (Lipinski definition) is 1. The van der Waals surface area contributed by atoms with Crippen molar-refractivity contribution in [3.8, 4) is 0 Å². The van der Waals surface area contributed by atoms with Gasteiger partial charge in [-0.1, -0.05) is 113 Å². The van der Waals surface area contributed by atoms with E-state index in [4.69, 9.17) is 0 Å². The van der Waals surface area contributed by atoms with Crippen molar-refractivity contribution < 1.29 is 0 Å². The van der Waals surface area contributed by atoms with Crippen LogP contribution < -0.4 is 5.32 Å². The molecule has 0 unspecified atom stereocenters. The second-order valence-electron chi connectivity index (χ2n) is 7.39. The summed E-state index contributed by atoms with van der Waals surface area (Å²) in [6.07, 6.45) is 12.3. The summed E-state index contributed by atoms with van der Waals surface area (Å²) < 4.78 is 0. The molecule has 0 amide bonds. The van der Waals surface area contributed by atoms with E-state index >= 15 is 0 Å². The molecular formula is C25H38ClN. The molecule has 0 aromatic heterocycles. The van der Waals surface area contributed by atoms with Crippen LogP contribution in [-0.4, -0.2) is 13.1 Å². The third kappa shape index (κ3) is 9.98. The third-order valence-corrected chi connectivity index (χ3v) is 5.22. The van der Waals surface area contributed by atoms with Gasteiger partial charge in [0.15, 0.2) is 0 Å². The van der Waals surface area contributed by atoms with Crippen LogP contribution in [0.1, 0.15) is 81.8 Å². The zero-order chi connectivity index (χ0) is 18.3. The molecule has 150 valence electrons. The molecule has 27 heavy (non-hydrogen) atoms. The molecule has 0 aliphatic rings. The van der Waals surface area contributed by atoms with Gasteiger partial charge in [-0.3, -0.25) is 0 Å². The second-order valence-corrected chi connectivity index (χ2v) is 7.39. The Morgan fingerprint density at radius 3 is 1.63 bits per heavy atom. The first-order valence-electron chi connectivity index (χ1n) is 10.7. The Balaban J connectivity index is 0.00000364. The SMILES string of the molecule is CCCCCCCCCCNCCC(c1ccccc1)c1ccccc1.Cl. The summed E-state index contributed by atoms with van der Waals surface area (Å²) in [5.74, 6) is 0.489. The van der Waals surface area contributed by atoms with Crippen molar-refractivity contribution >= 4 is 12.4 Å². The van der Waals surface area contributed by atoms with Crippen LogP contribution in [0.5, 0.6) is 0 Å². The van der Waals surface area contributed by atoms with E-state index in [1.54, 1.807) is 0 Å². The molecule has 0 aliphatic carbocycles. The summed E-state index contributed by atoms with van der Waals surface area (Å²) in [6.45, 7) is 4.53. The van der Waals surface area contributed by atoms with Crippen molar-refractivity contribution in [2.75, 3.05) is 13.1 Å². The van der Waals surface area contributed by atoms with Crippen molar-refractivity contribution in [3.05, 3.63) is 71.8 Å². The van der Waals surface area contributed by atoms with Gasteiger partial charge in [0.1, 0.15) is 0 Å². The van der Waals surface area contributed by atoms with Crippen molar-refractivity contribution in [3.63, 3.8) is 0 Å². The lowest BCUT2D eigenvalue weighted by atomic mass is 9.88. The summed E-state index contributed by atoms with van der Waals surface area (Å²) >= 11 is 0. The first-order valence-corrected chi connectivity index (χ1v) is 10.7. The van der Waals surface area contributed by atoms with Crippen LogP contribution >= 0.6 is 12.4 Å². The summed E-state index contributed by atoms with van der Waals surface area (Å²) in [6, 6.07) is 21.9. The number of nitrogens with one attached hydrogen (secondary N) is 1. The third-order valence-electron chi connectivity index (χ3n) is 5.22. The Hall–Kier alpha value is -1.31. The van der Waals surface area contributed by atoms with Crippen LogP contribution in [0.4, 0.5) is 0 Å². The molecule has 1 N–H and O–H groups in total. The average Bonchev–Trinajstić information content (AvgIpc) is 2.70. The first-order chi connectivity index (χ1) is 12.9. The zero-order valence-electron chi connectivity index (χ0n) is 17.0. The van der Waals surface area contributed by atoms with E-state index in [0.717, 1.165) is 19.5 Å². The van der Waals surface area contributed by atoms with E-state index in [2.05, 4.69) is 72.9 Å². The monoisotopic (exact) mass is 387 g/mol. The fourth-order valence-corrected chi connectivity index (χ4v) is 3.65. The van der Waals surface area contributed by atoms with Crippen molar-refractivity contribution in [1.29, 1.82) is 0 Å². The summed E-state index contributed by atoms with van der Waals surface area (Å²) in [5.41, 5.74) is 2.85. The maximum absolute atomic E-state index is 3.67. The number of unbranched alkanes of at least 4 members (excludes halogenated alkanes) is 7. The lowest BCUT2D eigenvalue weighted by Crippen LogP contribution is -2.19. The lowest BCUT2D eigenvalue weighted by molar-refractivity contribution is 0.544. The first kappa shape index (κ1) is 23.7. The quantitative estimate of drug-likeness (QED) is 0.334. The minimum absolute atomic E-state index is 0. The normalized spacial score (nSPS) is 10.7. The number of halogens is 1. The van der Waals surface area contributed by atoms with Crippen molar-refractivity contribution in [2.24, 2.45) is 0 Å². The fraction of sp³-hybridized carbons (Fsp3) is 0.520. The fourth-order valence-electron chi connectivity index (χ4n) is 3.65. The molecule has 2 rings (SSSR count). The Labute approximate surface area is 173 Å². The van der Waals surface area contributed by atoms with Gasteiger partial charge in [-0.05, 0) is 37.1 Å². The highest BCUT2D eigenvalue weighted by molar-refractivity contribution is 5.85. The largest absolute Gasteiger partial charge is 0.317 e. The number of hydrogen-bond acceptors (Lipinski definition) is 1. The van der Waals surface area contributed by atoms with Crippen LogP contribution in [0.3, 0.4) is 0 Å². The van der Waals surface area contributed by atoms with Gasteiger partial charge in [0.05, 0.1) is 0 Å². The molecule has 0 spiro atoms. The molecule has 0 atom stereocenters. The predicted octanol–water partition coefficient (Wildman–Crippen LogP) is 7.36. The molecule has 1 nitrogen and oxygen atoms in total. The molecule has 2 aromatic rings. The molecule has 0 aliphatic heterocycles. The minimum atomic E-state index is 0. The number of benzene rings is 2. The highest BCUT2D eigenvalue weighted by Gasteiger charge is 2.12. The lowest BCUT2D eigenvalue weighted by Gasteiger charge is -2.18. The van der Waals surface area contributed by atoms with E-state index in [9.17, 15) is 0 Å². The van der Waals surface area contributed by atoms with Crippen LogP contribution in [0.15, 0.2) is 60.7 Å². The van der Waals surface area contributed by atoms with E-state index in [1.807, 2.05) is 0 Å². The van der Waals surface area contributed by atoms with Crippen LogP contribution in [-0.2, 0) is 0 Å². The number of rotatable bonds is 14. The van der Waals surface area contributed by atoms with Gasteiger partial charge in [0, 0.05) is 5.92 Å². The topological polar surface area (TPSA) is 12.0 Å². The summed E-state index contributed by atoms with van der Waals surface area (Å²) in [5, 5.41) is 3.67. The molecule has 0 fully saturated rings. The van der Waals surface area contributed by atoms with Crippen LogP contribution in [0.2, 0.25) is 0 Å². The predicted molar refractivity (Wildman–Crippen MR) is 122 cm³/mol. The van der Waals surface area contributed by atoms with E-state index < -0.39 is 0 Å². The van der Waals surface area contributed by atoms with Gasteiger partial charge >= 0.3 is 0 Å². The average molecular weight is 388 g/mol. The van der Waals surface area contributed by atoms with E-state index in [0.29, 0.717) is 5.92 Å². The molecule has 2 aromatic carbocycles. The van der Waals surface area contributed by atoms with Gasteiger partial charge in [0.25, 0.3) is 0 Å². The molecule has 0 saturated carbocycles. The van der Waals surface area contributed by atoms with Gasteiger partial charge < -0.3 is 5.32 Å². The Kier molecular flexibility index (Phi) is 13.8. The van der Waals surface area contributed by atoms with Gasteiger partial charge in [-0.2, -0.15) is 0 Å². The Morgan fingerprint density at radius 1 is 0.630 bits per heavy atom. The van der Waals surface area contributed by atoms with Gasteiger partial charge in [-0.25, -0.2) is 0 Å². The van der Waals surface area contributed by atoms with Gasteiger partial charge in [-0.15, -0.1) is 12.4 Å². The second kappa shape index (κ2) is 15.7. The smallest absolute Gasteiger partial charge is 0.0101 e. The van der Waals surface area contributed by atoms with Crippen molar-refractivity contribution in [1.82, 2.24) is 5.32 Å².